The first-order chi connectivity index (χ1) is 7.16. The van der Waals surface area contributed by atoms with Gasteiger partial charge >= 0.3 is 0 Å². The van der Waals surface area contributed by atoms with E-state index in [0.717, 1.165) is 32.1 Å². The van der Waals surface area contributed by atoms with E-state index < -0.39 is 11.2 Å². The molecule has 16 heavy (non-hydrogen) atoms. The summed E-state index contributed by atoms with van der Waals surface area (Å²) in [5, 5.41) is 10.5. The summed E-state index contributed by atoms with van der Waals surface area (Å²) in [7, 11) is 0. The molecule has 1 saturated carbocycles. The normalized spacial score (nSPS) is 37.1. The van der Waals surface area contributed by atoms with Crippen LogP contribution in [0.4, 0.5) is 0 Å². The summed E-state index contributed by atoms with van der Waals surface area (Å²) in [6.45, 7) is 9.64. The molecule has 0 heterocycles. The number of hydrogen-bond donors (Lipinski definition) is 1. The maximum atomic E-state index is 10.5. The van der Waals surface area contributed by atoms with Gasteiger partial charge in [-0.2, -0.15) is 0 Å². The monoisotopic (exact) mass is 230 g/mol. The fraction of sp³-hybridized carbons (Fsp3) is 1.00. The van der Waals surface area contributed by atoms with Crippen LogP contribution in [0.1, 0.15) is 66.7 Å². The number of aliphatic hydroxyl groups is 1. The van der Waals surface area contributed by atoms with Gasteiger partial charge in [-0.1, -0.05) is 19.3 Å². The summed E-state index contributed by atoms with van der Waals surface area (Å²) in [5.41, 5.74) is -1.75. The second-order valence-electron chi connectivity index (χ2n) is 6.34. The van der Waals surface area contributed by atoms with Crippen molar-refractivity contribution in [3.05, 3.63) is 0 Å². The van der Waals surface area contributed by atoms with Gasteiger partial charge in [-0.15, -0.1) is 0 Å². The van der Waals surface area contributed by atoms with E-state index in [-0.39, 0.29) is 5.60 Å². The lowest BCUT2D eigenvalue weighted by molar-refractivity contribution is -0.425. The molecule has 3 heteroatoms. The average molecular weight is 230 g/mol. The molecule has 96 valence electrons. The van der Waals surface area contributed by atoms with E-state index in [1.54, 1.807) is 0 Å². The van der Waals surface area contributed by atoms with E-state index in [9.17, 15) is 5.11 Å². The van der Waals surface area contributed by atoms with Gasteiger partial charge in [-0.05, 0) is 47.5 Å². The molecule has 0 amide bonds. The summed E-state index contributed by atoms with van der Waals surface area (Å²) >= 11 is 0. The van der Waals surface area contributed by atoms with Crippen LogP contribution in [0.5, 0.6) is 0 Å². The Morgan fingerprint density at radius 3 is 2.12 bits per heavy atom. The second kappa shape index (κ2) is 4.63. The summed E-state index contributed by atoms with van der Waals surface area (Å²) in [5.74, 6) is 0. The molecule has 0 aliphatic heterocycles. The van der Waals surface area contributed by atoms with Gasteiger partial charge in [0.1, 0.15) is 5.60 Å². The predicted molar refractivity (Wildman–Crippen MR) is 64.0 cm³/mol. The third-order valence-corrected chi connectivity index (χ3v) is 3.43. The topological polar surface area (TPSA) is 38.7 Å². The molecule has 1 aliphatic carbocycles. The second-order valence-corrected chi connectivity index (χ2v) is 6.34. The van der Waals surface area contributed by atoms with Gasteiger partial charge in [-0.3, -0.25) is 0 Å². The van der Waals surface area contributed by atoms with Crippen molar-refractivity contribution >= 4 is 0 Å². The molecule has 2 unspecified atom stereocenters. The Labute approximate surface area is 99.1 Å². The van der Waals surface area contributed by atoms with Crippen molar-refractivity contribution < 1.29 is 14.9 Å². The van der Waals surface area contributed by atoms with Crippen molar-refractivity contribution in [1.29, 1.82) is 0 Å². The van der Waals surface area contributed by atoms with Crippen molar-refractivity contribution in [2.24, 2.45) is 0 Å². The summed E-state index contributed by atoms with van der Waals surface area (Å²) < 4.78 is 0. The van der Waals surface area contributed by atoms with Crippen LogP contribution in [0.25, 0.3) is 0 Å². The van der Waals surface area contributed by atoms with Crippen molar-refractivity contribution in [3.8, 4) is 0 Å². The Morgan fingerprint density at radius 1 is 1.00 bits per heavy atom. The first kappa shape index (κ1) is 13.9. The van der Waals surface area contributed by atoms with E-state index in [4.69, 9.17) is 9.78 Å². The zero-order chi connectivity index (χ0) is 12.4. The molecule has 2 atom stereocenters. The highest BCUT2D eigenvalue weighted by Crippen LogP contribution is 2.39. The van der Waals surface area contributed by atoms with Gasteiger partial charge in [0.05, 0.1) is 11.2 Å². The molecule has 3 nitrogen and oxygen atoms in total. The van der Waals surface area contributed by atoms with Crippen molar-refractivity contribution in [2.45, 2.75) is 83.5 Å². The maximum Gasteiger partial charge on any atom is 0.129 e. The van der Waals surface area contributed by atoms with E-state index in [1.165, 1.54) is 0 Å². The highest BCUT2D eigenvalue weighted by Gasteiger charge is 2.46. The Bertz CT molecular complexity index is 230. The van der Waals surface area contributed by atoms with Gasteiger partial charge < -0.3 is 5.11 Å². The lowest BCUT2D eigenvalue weighted by Gasteiger charge is -2.41. The molecule has 1 fully saturated rings. The minimum absolute atomic E-state index is 0.342. The van der Waals surface area contributed by atoms with E-state index >= 15 is 0 Å². The molecule has 1 rings (SSSR count). The average Bonchev–Trinajstić information content (AvgIpc) is 2.24. The first-order valence-corrected chi connectivity index (χ1v) is 6.26. The molecule has 1 N–H and O–H groups in total. The van der Waals surface area contributed by atoms with E-state index in [0.29, 0.717) is 0 Å². The fourth-order valence-electron chi connectivity index (χ4n) is 1.99. The Kier molecular flexibility index (Phi) is 4.04. The van der Waals surface area contributed by atoms with Crippen LogP contribution in [0.3, 0.4) is 0 Å². The van der Waals surface area contributed by atoms with Gasteiger partial charge in [0.15, 0.2) is 0 Å². The van der Waals surface area contributed by atoms with E-state index in [1.807, 2.05) is 34.6 Å². The molecule has 0 spiro atoms. The third kappa shape index (κ3) is 3.44. The van der Waals surface area contributed by atoms with Crippen molar-refractivity contribution in [2.75, 3.05) is 0 Å². The first-order valence-electron chi connectivity index (χ1n) is 6.26. The maximum absolute atomic E-state index is 10.5. The van der Waals surface area contributed by atoms with Gasteiger partial charge in [0.2, 0.25) is 0 Å². The molecule has 0 radical (unpaired) electrons. The highest BCUT2D eigenvalue weighted by atomic mass is 17.2. The van der Waals surface area contributed by atoms with Crippen LogP contribution in [-0.2, 0) is 9.78 Å². The predicted octanol–water partition coefficient (Wildman–Crippen LogP) is 3.21. The molecular formula is C13H26O3. The smallest absolute Gasteiger partial charge is 0.129 e. The van der Waals surface area contributed by atoms with Crippen LogP contribution in [-0.4, -0.2) is 21.9 Å². The third-order valence-electron chi connectivity index (χ3n) is 3.43. The number of hydrogen-bond acceptors (Lipinski definition) is 3. The largest absolute Gasteiger partial charge is 0.387 e. The van der Waals surface area contributed by atoms with Crippen LogP contribution < -0.4 is 0 Å². The molecule has 0 aromatic carbocycles. The Hall–Kier alpha value is -0.120. The molecule has 0 bridgehead atoms. The minimum atomic E-state index is -0.811. The minimum Gasteiger partial charge on any atom is -0.387 e. The molecule has 1 aliphatic rings. The zero-order valence-electron chi connectivity index (χ0n) is 11.3. The zero-order valence-corrected chi connectivity index (χ0v) is 11.3. The van der Waals surface area contributed by atoms with E-state index in [2.05, 4.69) is 0 Å². The highest BCUT2D eigenvalue weighted by molar-refractivity contribution is 4.96. The number of rotatable bonds is 2. The lowest BCUT2D eigenvalue weighted by atomic mass is 9.82. The van der Waals surface area contributed by atoms with Crippen molar-refractivity contribution in [3.63, 3.8) is 0 Å². The van der Waals surface area contributed by atoms with Gasteiger partial charge in [-0.25, -0.2) is 9.78 Å². The van der Waals surface area contributed by atoms with Gasteiger partial charge in [0, 0.05) is 0 Å². The van der Waals surface area contributed by atoms with Crippen LogP contribution >= 0.6 is 0 Å². The lowest BCUT2D eigenvalue weighted by Crippen LogP contribution is -2.52. The summed E-state index contributed by atoms with van der Waals surface area (Å²) in [4.78, 5) is 11.0. The molecular weight excluding hydrogens is 204 g/mol. The van der Waals surface area contributed by atoms with Crippen LogP contribution in [0, 0.1) is 0 Å². The van der Waals surface area contributed by atoms with Crippen LogP contribution in [0.2, 0.25) is 0 Å². The molecule has 0 aromatic rings. The summed E-state index contributed by atoms with van der Waals surface area (Å²) in [6, 6.07) is 0. The standard InChI is InChI=1S/C13H26O3/c1-11(2,3)15-16-13(5)10-8-6-7-9-12(13,4)14/h14H,6-10H2,1-5H3. The molecule has 0 saturated heterocycles. The Balaban J connectivity index is 2.70. The quantitative estimate of drug-likeness (QED) is 0.450. The SMILES string of the molecule is CC(C)(C)OOC1(C)CCCCCC1(C)O. The Morgan fingerprint density at radius 2 is 1.56 bits per heavy atom. The summed E-state index contributed by atoms with van der Waals surface area (Å²) in [6.07, 6.45) is 4.92. The fourth-order valence-corrected chi connectivity index (χ4v) is 1.99. The van der Waals surface area contributed by atoms with Gasteiger partial charge in [0.25, 0.3) is 0 Å². The molecule has 0 aromatic heterocycles. The van der Waals surface area contributed by atoms with Crippen molar-refractivity contribution in [1.82, 2.24) is 0 Å². The van der Waals surface area contributed by atoms with Crippen LogP contribution in [0.15, 0.2) is 0 Å².